The van der Waals surface area contributed by atoms with Gasteiger partial charge in [0.15, 0.2) is 5.78 Å². The lowest BCUT2D eigenvalue weighted by atomic mass is 9.95. The lowest BCUT2D eigenvalue weighted by Gasteiger charge is -2.09. The highest BCUT2D eigenvalue weighted by atomic mass is 16.1. The number of rotatable bonds is 6. The van der Waals surface area contributed by atoms with Crippen molar-refractivity contribution in [3.8, 4) is 0 Å². The van der Waals surface area contributed by atoms with Crippen LogP contribution in [-0.2, 0) is 0 Å². The first-order valence-electron chi connectivity index (χ1n) is 5.82. The van der Waals surface area contributed by atoms with E-state index in [-0.39, 0.29) is 5.78 Å². The molecular weight excluding hydrogens is 184 g/mol. The zero-order chi connectivity index (χ0) is 11.1. The Hall–Kier alpha value is -1.11. The van der Waals surface area contributed by atoms with Crippen LogP contribution in [0.25, 0.3) is 0 Å². The molecule has 0 aliphatic heterocycles. The quantitative estimate of drug-likeness (QED) is 0.638. The molecule has 0 bridgehead atoms. The van der Waals surface area contributed by atoms with Crippen LogP contribution in [0.15, 0.2) is 30.3 Å². The van der Waals surface area contributed by atoms with Crippen LogP contribution >= 0.6 is 0 Å². The Bertz CT molecular complexity index is 289. The summed E-state index contributed by atoms with van der Waals surface area (Å²) in [6, 6.07) is 9.58. The van der Waals surface area contributed by atoms with Crippen LogP contribution in [-0.4, -0.2) is 5.78 Å². The van der Waals surface area contributed by atoms with E-state index >= 15 is 0 Å². The summed E-state index contributed by atoms with van der Waals surface area (Å²) in [5, 5.41) is 0. The predicted octanol–water partition coefficient (Wildman–Crippen LogP) is 4.09. The van der Waals surface area contributed by atoms with Gasteiger partial charge < -0.3 is 0 Å². The summed E-state index contributed by atoms with van der Waals surface area (Å²) in [5.74, 6) is 0.789. The van der Waals surface area contributed by atoms with Gasteiger partial charge in [-0.2, -0.15) is 0 Å². The Morgan fingerprint density at radius 2 is 1.93 bits per heavy atom. The summed E-state index contributed by atoms with van der Waals surface area (Å²) in [7, 11) is 0. The summed E-state index contributed by atoms with van der Waals surface area (Å²) in [5.41, 5.74) is 0.848. The fourth-order valence-electron chi connectivity index (χ4n) is 1.71. The summed E-state index contributed by atoms with van der Waals surface area (Å²) in [4.78, 5) is 11.8. The van der Waals surface area contributed by atoms with Crippen molar-refractivity contribution < 1.29 is 4.79 Å². The van der Waals surface area contributed by atoms with E-state index in [0.717, 1.165) is 12.0 Å². The third-order valence-corrected chi connectivity index (χ3v) is 2.68. The van der Waals surface area contributed by atoms with Crippen molar-refractivity contribution in [2.24, 2.45) is 5.92 Å². The molecule has 15 heavy (non-hydrogen) atoms. The number of benzene rings is 1. The van der Waals surface area contributed by atoms with Crippen LogP contribution in [0.4, 0.5) is 0 Å². The van der Waals surface area contributed by atoms with Crippen LogP contribution in [0.1, 0.15) is 49.9 Å². The first kappa shape index (κ1) is 12.0. The van der Waals surface area contributed by atoms with Crippen LogP contribution in [0.3, 0.4) is 0 Å². The number of unbranched alkanes of at least 4 members (excludes halogenated alkanes) is 1. The molecule has 0 amide bonds. The molecule has 82 valence electrons. The van der Waals surface area contributed by atoms with Crippen LogP contribution in [0, 0.1) is 5.92 Å². The van der Waals surface area contributed by atoms with Crippen molar-refractivity contribution in [3.63, 3.8) is 0 Å². The molecule has 1 aromatic carbocycles. The molecule has 0 radical (unpaired) electrons. The predicted molar refractivity (Wildman–Crippen MR) is 64.1 cm³/mol. The zero-order valence-corrected chi connectivity index (χ0v) is 9.70. The summed E-state index contributed by atoms with van der Waals surface area (Å²) < 4.78 is 0. The minimum absolute atomic E-state index is 0.277. The Morgan fingerprint density at radius 3 is 2.53 bits per heavy atom. The van der Waals surface area contributed by atoms with Gasteiger partial charge >= 0.3 is 0 Å². The highest BCUT2D eigenvalue weighted by molar-refractivity contribution is 5.96. The van der Waals surface area contributed by atoms with Crippen molar-refractivity contribution in [1.29, 1.82) is 0 Å². The van der Waals surface area contributed by atoms with Gasteiger partial charge in [-0.3, -0.25) is 4.79 Å². The maximum atomic E-state index is 11.8. The van der Waals surface area contributed by atoms with Gasteiger partial charge in [0, 0.05) is 12.0 Å². The van der Waals surface area contributed by atoms with Gasteiger partial charge in [-0.1, -0.05) is 63.4 Å². The van der Waals surface area contributed by atoms with E-state index in [1.807, 2.05) is 30.3 Å². The van der Waals surface area contributed by atoms with E-state index in [2.05, 4.69) is 13.8 Å². The van der Waals surface area contributed by atoms with E-state index in [9.17, 15) is 4.79 Å². The van der Waals surface area contributed by atoms with Crippen molar-refractivity contribution in [2.75, 3.05) is 0 Å². The van der Waals surface area contributed by atoms with E-state index in [1.165, 1.54) is 12.8 Å². The Morgan fingerprint density at radius 1 is 1.27 bits per heavy atom. The molecule has 1 rings (SSSR count). The number of hydrogen-bond donors (Lipinski definition) is 0. The lowest BCUT2D eigenvalue weighted by molar-refractivity contribution is 0.0962. The molecule has 0 saturated heterocycles. The largest absolute Gasteiger partial charge is 0.294 e. The molecule has 1 atom stereocenters. The molecule has 0 fully saturated rings. The first-order chi connectivity index (χ1) is 7.24. The van der Waals surface area contributed by atoms with Crippen molar-refractivity contribution >= 4 is 5.78 Å². The molecule has 0 saturated carbocycles. The summed E-state index contributed by atoms with van der Waals surface area (Å²) in [6.45, 7) is 4.35. The molecular formula is C14H20O. The average molecular weight is 204 g/mol. The van der Waals surface area contributed by atoms with Crippen molar-refractivity contribution in [3.05, 3.63) is 35.9 Å². The molecule has 1 aromatic rings. The Kier molecular flexibility index (Phi) is 5.09. The number of Topliss-reactive ketones (excluding diaryl/α,β-unsaturated/α-hetero) is 1. The van der Waals surface area contributed by atoms with Gasteiger partial charge in [-0.15, -0.1) is 0 Å². The second-order valence-electron chi connectivity index (χ2n) is 4.24. The van der Waals surface area contributed by atoms with Crippen LogP contribution < -0.4 is 0 Å². The second-order valence-corrected chi connectivity index (χ2v) is 4.24. The maximum Gasteiger partial charge on any atom is 0.163 e. The lowest BCUT2D eigenvalue weighted by Crippen LogP contribution is -2.05. The van der Waals surface area contributed by atoms with E-state index in [4.69, 9.17) is 0 Å². The Balaban J connectivity index is 2.42. The van der Waals surface area contributed by atoms with Gasteiger partial charge in [-0.05, 0) is 5.92 Å². The number of carbonyl (C=O) groups is 1. The fourth-order valence-corrected chi connectivity index (χ4v) is 1.71. The van der Waals surface area contributed by atoms with E-state index in [0.29, 0.717) is 12.3 Å². The number of hydrogen-bond acceptors (Lipinski definition) is 1. The molecule has 0 spiro atoms. The molecule has 1 heteroatoms. The molecule has 0 heterocycles. The molecule has 0 unspecified atom stereocenters. The van der Waals surface area contributed by atoms with E-state index in [1.54, 1.807) is 0 Å². The van der Waals surface area contributed by atoms with Crippen LogP contribution in [0.5, 0.6) is 0 Å². The molecule has 0 aromatic heterocycles. The Labute approximate surface area is 92.5 Å². The third-order valence-electron chi connectivity index (χ3n) is 2.68. The SMILES string of the molecule is CCCC[C@@H](C)CC(=O)c1ccccc1. The molecule has 1 nitrogen and oxygen atoms in total. The minimum Gasteiger partial charge on any atom is -0.294 e. The third kappa shape index (κ3) is 4.28. The standard InChI is InChI=1S/C14H20O/c1-3-4-8-12(2)11-14(15)13-9-6-5-7-10-13/h5-7,9-10,12H,3-4,8,11H2,1-2H3/t12-/m1/s1. The normalized spacial score (nSPS) is 12.4. The smallest absolute Gasteiger partial charge is 0.163 e. The average Bonchev–Trinajstić information content (AvgIpc) is 2.27. The number of ketones is 1. The topological polar surface area (TPSA) is 17.1 Å². The molecule has 0 aliphatic carbocycles. The van der Waals surface area contributed by atoms with Gasteiger partial charge in [0.05, 0.1) is 0 Å². The summed E-state index contributed by atoms with van der Waals surface area (Å²) >= 11 is 0. The van der Waals surface area contributed by atoms with Crippen molar-refractivity contribution in [2.45, 2.75) is 39.5 Å². The number of carbonyl (C=O) groups excluding carboxylic acids is 1. The van der Waals surface area contributed by atoms with Gasteiger partial charge in [0.1, 0.15) is 0 Å². The van der Waals surface area contributed by atoms with Gasteiger partial charge in [0.25, 0.3) is 0 Å². The minimum atomic E-state index is 0.277. The maximum absolute atomic E-state index is 11.8. The van der Waals surface area contributed by atoms with E-state index < -0.39 is 0 Å². The first-order valence-corrected chi connectivity index (χ1v) is 5.82. The fraction of sp³-hybridized carbons (Fsp3) is 0.500. The second kappa shape index (κ2) is 6.39. The summed E-state index contributed by atoms with van der Waals surface area (Å²) in [6.07, 6.45) is 4.28. The molecule has 0 aliphatic rings. The molecule has 0 N–H and O–H groups in total. The van der Waals surface area contributed by atoms with Crippen LogP contribution in [0.2, 0.25) is 0 Å². The van der Waals surface area contributed by atoms with Gasteiger partial charge in [0.2, 0.25) is 0 Å². The monoisotopic (exact) mass is 204 g/mol. The highest BCUT2D eigenvalue weighted by Gasteiger charge is 2.10. The highest BCUT2D eigenvalue weighted by Crippen LogP contribution is 2.15. The van der Waals surface area contributed by atoms with Gasteiger partial charge in [-0.25, -0.2) is 0 Å². The van der Waals surface area contributed by atoms with Crippen molar-refractivity contribution in [1.82, 2.24) is 0 Å². The zero-order valence-electron chi connectivity index (χ0n) is 9.70.